The summed E-state index contributed by atoms with van der Waals surface area (Å²) in [4.78, 5) is 12.0. The fourth-order valence-electron chi connectivity index (χ4n) is 1.76. The number of benzene rings is 2. The minimum absolute atomic E-state index is 0.224. The minimum Gasteiger partial charge on any atom is -0.267 e. The molecule has 0 saturated heterocycles. The number of carbonyl (C=O) groups is 1. The molecule has 0 heterocycles. The summed E-state index contributed by atoms with van der Waals surface area (Å²) in [5.41, 5.74) is 6.08. The van der Waals surface area contributed by atoms with Crippen molar-refractivity contribution in [2.24, 2.45) is 5.10 Å². The molecule has 4 heteroatoms. The van der Waals surface area contributed by atoms with Crippen LogP contribution in [0.4, 0.5) is 0 Å². The van der Waals surface area contributed by atoms with E-state index in [1.165, 1.54) is 0 Å². The molecule has 0 saturated carbocycles. The van der Waals surface area contributed by atoms with Gasteiger partial charge in [0, 0.05) is 10.0 Å². The van der Waals surface area contributed by atoms with E-state index in [1.54, 1.807) is 12.1 Å². The van der Waals surface area contributed by atoms with E-state index in [1.807, 2.05) is 50.2 Å². The number of aryl methyl sites for hydroxylation is 1. The van der Waals surface area contributed by atoms with Gasteiger partial charge in [-0.25, -0.2) is 5.43 Å². The first kappa shape index (κ1) is 14.5. The lowest BCUT2D eigenvalue weighted by molar-refractivity contribution is 0.0955. The van der Waals surface area contributed by atoms with Crippen LogP contribution < -0.4 is 5.43 Å². The second-order valence-electron chi connectivity index (χ2n) is 4.52. The normalized spacial score (nSPS) is 11.2. The fourth-order valence-corrected chi connectivity index (χ4v) is 2.16. The SMILES string of the molecule is C/C(=N\NC(=O)c1cccc(Br)c1)c1cccc(C)c1. The van der Waals surface area contributed by atoms with E-state index in [4.69, 9.17) is 0 Å². The molecule has 1 N–H and O–H groups in total. The van der Waals surface area contributed by atoms with Gasteiger partial charge in [0.15, 0.2) is 0 Å². The van der Waals surface area contributed by atoms with Crippen LogP contribution in [-0.2, 0) is 0 Å². The van der Waals surface area contributed by atoms with Crippen molar-refractivity contribution in [2.75, 3.05) is 0 Å². The maximum absolute atomic E-state index is 12.0. The van der Waals surface area contributed by atoms with Crippen molar-refractivity contribution in [3.05, 3.63) is 69.7 Å². The number of carbonyl (C=O) groups excluding carboxylic acids is 1. The van der Waals surface area contributed by atoms with E-state index in [-0.39, 0.29) is 5.91 Å². The largest absolute Gasteiger partial charge is 0.271 e. The number of halogens is 1. The number of hydrogen-bond acceptors (Lipinski definition) is 2. The Bertz CT molecular complexity index is 665. The van der Waals surface area contributed by atoms with Crippen LogP contribution in [0.3, 0.4) is 0 Å². The van der Waals surface area contributed by atoms with Crippen molar-refractivity contribution in [3.63, 3.8) is 0 Å². The van der Waals surface area contributed by atoms with Crippen LogP contribution in [0.5, 0.6) is 0 Å². The minimum atomic E-state index is -0.224. The van der Waals surface area contributed by atoms with Crippen molar-refractivity contribution in [1.29, 1.82) is 0 Å². The number of rotatable bonds is 3. The summed E-state index contributed by atoms with van der Waals surface area (Å²) in [7, 11) is 0. The summed E-state index contributed by atoms with van der Waals surface area (Å²) in [5, 5.41) is 4.14. The van der Waals surface area contributed by atoms with E-state index in [9.17, 15) is 4.79 Å². The Hall–Kier alpha value is -1.94. The molecule has 0 aromatic heterocycles. The van der Waals surface area contributed by atoms with Gasteiger partial charge in [-0.05, 0) is 37.6 Å². The number of hydrazone groups is 1. The zero-order chi connectivity index (χ0) is 14.5. The lowest BCUT2D eigenvalue weighted by Gasteiger charge is -2.04. The molecule has 102 valence electrons. The van der Waals surface area contributed by atoms with Gasteiger partial charge in [-0.3, -0.25) is 4.79 Å². The summed E-state index contributed by atoms with van der Waals surface area (Å²) in [6.07, 6.45) is 0. The van der Waals surface area contributed by atoms with Crippen molar-refractivity contribution in [3.8, 4) is 0 Å². The lowest BCUT2D eigenvalue weighted by Crippen LogP contribution is -2.19. The summed E-state index contributed by atoms with van der Waals surface area (Å²) < 4.78 is 0.865. The molecule has 0 aliphatic heterocycles. The van der Waals surface area contributed by atoms with Crippen LogP contribution >= 0.6 is 15.9 Å². The average molecular weight is 331 g/mol. The standard InChI is InChI=1S/C16H15BrN2O/c1-11-5-3-6-13(9-11)12(2)18-19-16(20)14-7-4-8-15(17)10-14/h3-10H,1-2H3,(H,19,20)/b18-12+. The van der Waals surface area contributed by atoms with Crippen LogP contribution in [0.1, 0.15) is 28.4 Å². The molecule has 0 spiro atoms. The highest BCUT2D eigenvalue weighted by Gasteiger charge is 2.05. The average Bonchev–Trinajstić information content (AvgIpc) is 2.44. The summed E-state index contributed by atoms with van der Waals surface area (Å²) in [5.74, 6) is -0.224. The Morgan fingerprint density at radius 3 is 2.50 bits per heavy atom. The predicted octanol–water partition coefficient (Wildman–Crippen LogP) is 3.91. The van der Waals surface area contributed by atoms with Gasteiger partial charge in [-0.1, -0.05) is 51.8 Å². The van der Waals surface area contributed by atoms with Gasteiger partial charge in [0.05, 0.1) is 5.71 Å². The van der Waals surface area contributed by atoms with E-state index in [0.717, 1.165) is 21.3 Å². The predicted molar refractivity (Wildman–Crippen MR) is 85.0 cm³/mol. The molecular weight excluding hydrogens is 316 g/mol. The van der Waals surface area contributed by atoms with Crippen LogP contribution in [0.25, 0.3) is 0 Å². The fraction of sp³-hybridized carbons (Fsp3) is 0.125. The van der Waals surface area contributed by atoms with E-state index in [0.29, 0.717) is 5.56 Å². The maximum Gasteiger partial charge on any atom is 0.271 e. The summed E-state index contributed by atoms with van der Waals surface area (Å²) in [6, 6.07) is 15.2. The third kappa shape index (κ3) is 3.78. The van der Waals surface area contributed by atoms with Gasteiger partial charge in [0.25, 0.3) is 5.91 Å². The van der Waals surface area contributed by atoms with E-state index >= 15 is 0 Å². The van der Waals surface area contributed by atoms with Gasteiger partial charge >= 0.3 is 0 Å². The Labute approximate surface area is 126 Å². The number of nitrogens with one attached hydrogen (secondary N) is 1. The molecule has 0 unspecified atom stereocenters. The van der Waals surface area contributed by atoms with E-state index < -0.39 is 0 Å². The highest BCUT2D eigenvalue weighted by atomic mass is 79.9. The number of hydrogen-bond donors (Lipinski definition) is 1. The topological polar surface area (TPSA) is 41.5 Å². The van der Waals surface area contributed by atoms with Crippen LogP contribution in [-0.4, -0.2) is 11.6 Å². The molecule has 2 aromatic rings. The van der Waals surface area contributed by atoms with Crippen LogP contribution in [0, 0.1) is 6.92 Å². The van der Waals surface area contributed by atoms with Crippen LogP contribution in [0.15, 0.2) is 58.1 Å². The Balaban J connectivity index is 2.11. The smallest absolute Gasteiger partial charge is 0.267 e. The first-order valence-electron chi connectivity index (χ1n) is 6.23. The first-order valence-corrected chi connectivity index (χ1v) is 7.03. The Kier molecular flexibility index (Phi) is 4.69. The van der Waals surface area contributed by atoms with Crippen molar-refractivity contribution in [1.82, 2.24) is 5.43 Å². The third-order valence-electron chi connectivity index (χ3n) is 2.85. The van der Waals surface area contributed by atoms with Gasteiger partial charge in [-0.15, -0.1) is 0 Å². The van der Waals surface area contributed by atoms with Gasteiger partial charge in [-0.2, -0.15) is 5.10 Å². The lowest BCUT2D eigenvalue weighted by atomic mass is 10.1. The highest BCUT2D eigenvalue weighted by molar-refractivity contribution is 9.10. The molecule has 2 aromatic carbocycles. The second-order valence-corrected chi connectivity index (χ2v) is 5.43. The molecule has 0 aliphatic rings. The molecule has 1 amide bonds. The molecule has 0 radical (unpaired) electrons. The quantitative estimate of drug-likeness (QED) is 0.672. The Morgan fingerprint density at radius 1 is 1.10 bits per heavy atom. The molecule has 0 atom stereocenters. The highest BCUT2D eigenvalue weighted by Crippen LogP contribution is 2.11. The first-order chi connectivity index (χ1) is 9.56. The molecule has 0 fully saturated rings. The van der Waals surface area contributed by atoms with Gasteiger partial charge in [0.2, 0.25) is 0 Å². The molecule has 0 bridgehead atoms. The zero-order valence-electron chi connectivity index (χ0n) is 11.4. The monoisotopic (exact) mass is 330 g/mol. The number of amides is 1. The Morgan fingerprint density at radius 2 is 1.80 bits per heavy atom. The van der Waals surface area contributed by atoms with E-state index in [2.05, 4.69) is 26.5 Å². The second kappa shape index (κ2) is 6.48. The molecule has 3 nitrogen and oxygen atoms in total. The van der Waals surface area contributed by atoms with Gasteiger partial charge < -0.3 is 0 Å². The molecular formula is C16H15BrN2O. The summed E-state index contributed by atoms with van der Waals surface area (Å²) >= 11 is 3.34. The maximum atomic E-state index is 12.0. The molecule has 20 heavy (non-hydrogen) atoms. The number of nitrogens with zero attached hydrogens (tertiary/aromatic N) is 1. The van der Waals surface area contributed by atoms with Crippen molar-refractivity contribution in [2.45, 2.75) is 13.8 Å². The molecule has 0 aliphatic carbocycles. The third-order valence-corrected chi connectivity index (χ3v) is 3.34. The van der Waals surface area contributed by atoms with Crippen molar-refractivity contribution >= 4 is 27.5 Å². The molecule has 2 rings (SSSR count). The zero-order valence-corrected chi connectivity index (χ0v) is 12.9. The summed E-state index contributed by atoms with van der Waals surface area (Å²) in [6.45, 7) is 3.90. The van der Waals surface area contributed by atoms with Gasteiger partial charge in [0.1, 0.15) is 0 Å². The van der Waals surface area contributed by atoms with Crippen molar-refractivity contribution < 1.29 is 4.79 Å². The van der Waals surface area contributed by atoms with Crippen LogP contribution in [0.2, 0.25) is 0 Å².